The van der Waals surface area contributed by atoms with Crippen LogP contribution < -0.4 is 10.1 Å². The van der Waals surface area contributed by atoms with Gasteiger partial charge in [-0.05, 0) is 25.5 Å². The van der Waals surface area contributed by atoms with Crippen LogP contribution in [0.3, 0.4) is 0 Å². The molecule has 0 amide bonds. The number of methoxy groups -OCH3 is 1. The predicted molar refractivity (Wildman–Crippen MR) is 101 cm³/mol. The molecule has 0 saturated heterocycles. The number of nitro benzene ring substituents is 1. The second-order valence-electron chi connectivity index (χ2n) is 5.45. The first-order valence-corrected chi connectivity index (χ1v) is 8.78. The van der Waals surface area contributed by atoms with E-state index in [0.29, 0.717) is 37.9 Å². The van der Waals surface area contributed by atoms with Crippen molar-refractivity contribution >= 4 is 44.7 Å². The van der Waals surface area contributed by atoms with Gasteiger partial charge >= 0.3 is 5.97 Å². The molecule has 27 heavy (non-hydrogen) atoms. The molecular weight excluding hydrogens is 372 g/mol. The number of ether oxygens (including phenoxy) is 2. The SMILES string of the molecule is CCOC(=O)c1sc2ncnc(Nc3cc([N+](=O)[O-])ccc3OC)c2c1C. The van der Waals surface area contributed by atoms with E-state index in [2.05, 4.69) is 15.3 Å². The zero-order valence-electron chi connectivity index (χ0n) is 14.8. The Labute approximate surface area is 158 Å². The van der Waals surface area contributed by atoms with E-state index in [0.717, 1.165) is 0 Å². The molecule has 0 aliphatic carbocycles. The van der Waals surface area contributed by atoms with Crippen molar-refractivity contribution in [3.8, 4) is 5.75 Å². The third-order valence-electron chi connectivity index (χ3n) is 3.83. The highest BCUT2D eigenvalue weighted by molar-refractivity contribution is 7.20. The lowest BCUT2D eigenvalue weighted by atomic mass is 10.2. The lowest BCUT2D eigenvalue weighted by Crippen LogP contribution is -2.04. The van der Waals surface area contributed by atoms with E-state index in [-0.39, 0.29) is 12.3 Å². The molecule has 1 aromatic carbocycles. The zero-order valence-corrected chi connectivity index (χ0v) is 15.6. The Bertz CT molecular complexity index is 1030. The third-order valence-corrected chi connectivity index (χ3v) is 5.01. The average Bonchev–Trinajstić information content (AvgIpc) is 2.99. The topological polar surface area (TPSA) is 116 Å². The number of non-ortho nitro benzene ring substituents is 1. The molecule has 9 nitrogen and oxygen atoms in total. The van der Waals surface area contributed by atoms with E-state index < -0.39 is 10.9 Å². The Balaban J connectivity index is 2.09. The Kier molecular flexibility index (Phi) is 5.17. The van der Waals surface area contributed by atoms with Crippen molar-refractivity contribution in [1.82, 2.24) is 9.97 Å². The Morgan fingerprint density at radius 2 is 2.15 bits per heavy atom. The Morgan fingerprint density at radius 3 is 2.81 bits per heavy atom. The molecule has 140 valence electrons. The lowest BCUT2D eigenvalue weighted by molar-refractivity contribution is -0.384. The Hall–Kier alpha value is -3.27. The van der Waals surface area contributed by atoms with Gasteiger partial charge in [-0.2, -0.15) is 0 Å². The van der Waals surface area contributed by atoms with E-state index >= 15 is 0 Å². The fourth-order valence-corrected chi connectivity index (χ4v) is 3.63. The van der Waals surface area contributed by atoms with Crippen molar-refractivity contribution < 1.29 is 19.2 Å². The number of carbonyl (C=O) groups is 1. The van der Waals surface area contributed by atoms with Gasteiger partial charge in [-0.15, -0.1) is 11.3 Å². The summed E-state index contributed by atoms with van der Waals surface area (Å²) in [5.41, 5.74) is 0.980. The number of fused-ring (bicyclic) bond motifs is 1. The fourth-order valence-electron chi connectivity index (χ4n) is 2.59. The average molecular weight is 388 g/mol. The molecule has 0 bridgehead atoms. The van der Waals surface area contributed by atoms with Crippen LogP contribution in [0.1, 0.15) is 22.2 Å². The van der Waals surface area contributed by atoms with E-state index in [1.165, 1.54) is 43.0 Å². The number of anilines is 2. The Morgan fingerprint density at radius 1 is 1.37 bits per heavy atom. The fraction of sp³-hybridized carbons (Fsp3) is 0.235. The number of aryl methyl sites for hydroxylation is 1. The minimum Gasteiger partial charge on any atom is -0.495 e. The van der Waals surface area contributed by atoms with E-state index in [4.69, 9.17) is 9.47 Å². The van der Waals surface area contributed by atoms with E-state index in [1.807, 2.05) is 0 Å². The summed E-state index contributed by atoms with van der Waals surface area (Å²) in [5, 5.41) is 14.8. The van der Waals surface area contributed by atoms with Crippen molar-refractivity contribution in [1.29, 1.82) is 0 Å². The van der Waals surface area contributed by atoms with Crippen molar-refractivity contribution in [2.75, 3.05) is 19.0 Å². The second kappa shape index (κ2) is 7.54. The van der Waals surface area contributed by atoms with Crippen LogP contribution in [0.2, 0.25) is 0 Å². The predicted octanol–water partition coefficient (Wildman–Crippen LogP) is 3.84. The summed E-state index contributed by atoms with van der Waals surface area (Å²) in [7, 11) is 1.47. The van der Waals surface area contributed by atoms with Gasteiger partial charge < -0.3 is 14.8 Å². The molecule has 3 aromatic rings. The van der Waals surface area contributed by atoms with Crippen LogP contribution >= 0.6 is 11.3 Å². The normalized spacial score (nSPS) is 10.6. The molecule has 10 heteroatoms. The van der Waals surface area contributed by atoms with Crippen LogP contribution in [0, 0.1) is 17.0 Å². The molecule has 1 N–H and O–H groups in total. The van der Waals surface area contributed by atoms with Gasteiger partial charge in [0.15, 0.2) is 0 Å². The van der Waals surface area contributed by atoms with Gasteiger partial charge in [0.25, 0.3) is 5.69 Å². The number of nitrogens with one attached hydrogen (secondary N) is 1. The highest BCUT2D eigenvalue weighted by Crippen LogP contribution is 2.37. The van der Waals surface area contributed by atoms with Crippen LogP contribution in [-0.4, -0.2) is 34.6 Å². The monoisotopic (exact) mass is 388 g/mol. The highest BCUT2D eigenvalue weighted by Gasteiger charge is 2.21. The van der Waals surface area contributed by atoms with Crippen LogP contribution in [0.5, 0.6) is 5.75 Å². The van der Waals surface area contributed by atoms with Gasteiger partial charge in [0, 0.05) is 12.1 Å². The van der Waals surface area contributed by atoms with E-state index in [1.54, 1.807) is 13.8 Å². The van der Waals surface area contributed by atoms with Gasteiger partial charge in [0.05, 0.1) is 29.7 Å². The number of hydrogen-bond donors (Lipinski definition) is 1. The van der Waals surface area contributed by atoms with Crippen LogP contribution in [-0.2, 0) is 4.74 Å². The molecule has 0 aliphatic heterocycles. The zero-order chi connectivity index (χ0) is 19.6. The van der Waals surface area contributed by atoms with Crippen molar-refractivity contribution in [2.24, 2.45) is 0 Å². The van der Waals surface area contributed by atoms with Gasteiger partial charge in [-0.1, -0.05) is 0 Å². The minimum atomic E-state index is -0.491. The molecule has 0 aliphatic rings. The first-order valence-electron chi connectivity index (χ1n) is 7.97. The van der Waals surface area contributed by atoms with Crippen LogP contribution in [0.4, 0.5) is 17.2 Å². The number of rotatable bonds is 6. The van der Waals surface area contributed by atoms with Crippen LogP contribution in [0.15, 0.2) is 24.5 Å². The molecule has 0 radical (unpaired) electrons. The largest absolute Gasteiger partial charge is 0.495 e. The maximum absolute atomic E-state index is 12.1. The third kappa shape index (κ3) is 3.51. The van der Waals surface area contributed by atoms with E-state index in [9.17, 15) is 14.9 Å². The molecular formula is C17H16N4O5S. The number of esters is 1. The number of hydrogen-bond acceptors (Lipinski definition) is 9. The summed E-state index contributed by atoms with van der Waals surface area (Å²) in [6.07, 6.45) is 1.36. The summed E-state index contributed by atoms with van der Waals surface area (Å²) < 4.78 is 10.4. The molecule has 0 saturated carbocycles. The standard InChI is InChI=1S/C17H16N4O5S/c1-4-26-17(22)14-9(2)13-15(18-8-19-16(13)27-14)20-11-7-10(21(23)24)5-6-12(11)25-3/h5-8H,4H2,1-3H3,(H,18,19,20). The summed E-state index contributed by atoms with van der Waals surface area (Å²) >= 11 is 1.21. The molecule has 0 atom stereocenters. The van der Waals surface area contributed by atoms with Gasteiger partial charge in [0.2, 0.25) is 0 Å². The summed E-state index contributed by atoms with van der Waals surface area (Å²) in [5.74, 6) is 0.422. The maximum Gasteiger partial charge on any atom is 0.348 e. The number of thiophene rings is 1. The molecule has 3 rings (SSSR count). The van der Waals surface area contributed by atoms with Crippen LogP contribution in [0.25, 0.3) is 10.2 Å². The first kappa shape index (κ1) is 18.5. The molecule has 2 aromatic heterocycles. The highest BCUT2D eigenvalue weighted by atomic mass is 32.1. The maximum atomic E-state index is 12.1. The minimum absolute atomic E-state index is 0.0853. The summed E-state index contributed by atoms with van der Waals surface area (Å²) in [6.45, 7) is 3.79. The van der Waals surface area contributed by atoms with Gasteiger partial charge in [-0.3, -0.25) is 10.1 Å². The number of benzene rings is 1. The number of aromatic nitrogens is 2. The molecule has 0 unspecified atom stereocenters. The number of nitrogens with zero attached hydrogens (tertiary/aromatic N) is 3. The molecule has 0 fully saturated rings. The second-order valence-corrected chi connectivity index (χ2v) is 6.44. The molecule has 2 heterocycles. The summed E-state index contributed by atoms with van der Waals surface area (Å²) in [4.78, 5) is 32.2. The lowest BCUT2D eigenvalue weighted by Gasteiger charge is -2.11. The summed E-state index contributed by atoms with van der Waals surface area (Å²) in [6, 6.07) is 4.22. The quantitative estimate of drug-likeness (QED) is 0.385. The smallest absolute Gasteiger partial charge is 0.348 e. The van der Waals surface area contributed by atoms with Gasteiger partial charge in [-0.25, -0.2) is 14.8 Å². The number of carbonyl (C=O) groups excluding carboxylic acids is 1. The first-order chi connectivity index (χ1) is 13.0. The van der Waals surface area contributed by atoms with Crippen molar-refractivity contribution in [2.45, 2.75) is 13.8 Å². The van der Waals surface area contributed by atoms with Crippen molar-refractivity contribution in [3.05, 3.63) is 45.1 Å². The van der Waals surface area contributed by atoms with Gasteiger partial charge in [0.1, 0.15) is 27.6 Å². The number of nitro groups is 1. The van der Waals surface area contributed by atoms with Crippen molar-refractivity contribution in [3.63, 3.8) is 0 Å². The molecule has 0 spiro atoms.